The molecule has 1 N–H and O–H groups in total. The van der Waals surface area contributed by atoms with E-state index >= 15 is 0 Å². The first-order valence-corrected chi connectivity index (χ1v) is 9.77. The predicted octanol–water partition coefficient (Wildman–Crippen LogP) is 3.95. The molecule has 1 fully saturated rings. The Kier molecular flexibility index (Phi) is 4.82. The van der Waals surface area contributed by atoms with Crippen molar-refractivity contribution in [2.24, 2.45) is 0 Å². The predicted molar refractivity (Wildman–Crippen MR) is 115 cm³/mol. The highest BCUT2D eigenvalue weighted by Crippen LogP contribution is 2.36. The van der Waals surface area contributed by atoms with E-state index in [4.69, 9.17) is 9.31 Å². The first-order valence-electron chi connectivity index (χ1n) is 9.77. The van der Waals surface area contributed by atoms with Gasteiger partial charge in [0, 0.05) is 18.3 Å². The molecule has 28 heavy (non-hydrogen) atoms. The van der Waals surface area contributed by atoms with Gasteiger partial charge in [-0.05, 0) is 63.0 Å². The second kappa shape index (κ2) is 7.15. The van der Waals surface area contributed by atoms with E-state index in [-0.39, 0.29) is 18.3 Å². The van der Waals surface area contributed by atoms with Crippen LogP contribution in [0, 0.1) is 0 Å². The number of para-hydroxylation sites is 1. The van der Waals surface area contributed by atoms with Gasteiger partial charge in [-0.3, -0.25) is 10.4 Å². The van der Waals surface area contributed by atoms with Crippen molar-refractivity contribution in [1.82, 2.24) is 5.43 Å². The Hall–Kier alpha value is -2.50. The molecule has 1 saturated heterocycles. The van der Waals surface area contributed by atoms with Crippen LogP contribution in [0.1, 0.15) is 33.3 Å². The minimum atomic E-state index is -0.334. The zero-order valence-corrected chi connectivity index (χ0v) is 17.0. The van der Waals surface area contributed by atoms with Gasteiger partial charge in [-0.15, -0.1) is 0 Å². The minimum absolute atomic E-state index is 0.331. The van der Waals surface area contributed by atoms with Crippen molar-refractivity contribution in [3.05, 3.63) is 84.2 Å². The number of rotatable bonds is 4. The van der Waals surface area contributed by atoms with Crippen LogP contribution in [-0.4, -0.2) is 18.3 Å². The molecule has 2 aliphatic heterocycles. The highest BCUT2D eigenvalue weighted by atomic mass is 16.7. The van der Waals surface area contributed by atoms with Crippen molar-refractivity contribution in [1.29, 1.82) is 0 Å². The summed E-state index contributed by atoms with van der Waals surface area (Å²) in [4.78, 5) is 0. The summed E-state index contributed by atoms with van der Waals surface area (Å²) in [7, 11) is -0.334. The molecular weight excluding hydrogens is 347 g/mol. The first-order chi connectivity index (χ1) is 13.3. The van der Waals surface area contributed by atoms with Gasteiger partial charge < -0.3 is 9.31 Å². The molecule has 4 rings (SSSR count). The van der Waals surface area contributed by atoms with Gasteiger partial charge in [0.2, 0.25) is 0 Å². The molecule has 2 aromatic carbocycles. The zero-order valence-electron chi connectivity index (χ0n) is 17.0. The van der Waals surface area contributed by atoms with Crippen molar-refractivity contribution < 1.29 is 9.31 Å². The molecule has 0 bridgehead atoms. The van der Waals surface area contributed by atoms with Crippen LogP contribution in [0.3, 0.4) is 0 Å². The summed E-state index contributed by atoms with van der Waals surface area (Å²) in [6.45, 7) is 8.33. The topological polar surface area (TPSA) is 33.7 Å². The number of allylic oxidation sites excluding steroid dienone is 3. The molecule has 2 aliphatic rings. The van der Waals surface area contributed by atoms with Crippen LogP contribution >= 0.6 is 0 Å². The van der Waals surface area contributed by atoms with Crippen LogP contribution in [0.4, 0.5) is 5.69 Å². The third-order valence-electron chi connectivity index (χ3n) is 5.70. The Balaban J connectivity index is 1.47. The number of hydrogen-bond acceptors (Lipinski definition) is 4. The van der Waals surface area contributed by atoms with E-state index in [1.54, 1.807) is 0 Å². The maximum absolute atomic E-state index is 6.20. The quantitative estimate of drug-likeness (QED) is 0.822. The molecule has 4 nitrogen and oxygen atoms in total. The number of hydrogen-bond donors (Lipinski definition) is 1. The maximum atomic E-state index is 6.20. The van der Waals surface area contributed by atoms with Crippen molar-refractivity contribution in [3.8, 4) is 0 Å². The maximum Gasteiger partial charge on any atom is 0.494 e. The molecule has 2 heterocycles. The van der Waals surface area contributed by atoms with Crippen molar-refractivity contribution in [3.63, 3.8) is 0 Å². The fourth-order valence-electron chi connectivity index (χ4n) is 3.36. The lowest BCUT2D eigenvalue weighted by molar-refractivity contribution is 0.00578. The van der Waals surface area contributed by atoms with Crippen LogP contribution in [0.25, 0.3) is 0 Å². The van der Waals surface area contributed by atoms with Crippen LogP contribution in [0.2, 0.25) is 0 Å². The minimum Gasteiger partial charge on any atom is -0.399 e. The fourth-order valence-corrected chi connectivity index (χ4v) is 3.36. The SMILES string of the molecule is CC1(C)OB(c2cccc(CC3=CC=CN(c4ccccc4)N3)c2)OC1(C)C. The van der Waals surface area contributed by atoms with Gasteiger partial charge >= 0.3 is 7.12 Å². The van der Waals surface area contributed by atoms with Crippen LogP contribution < -0.4 is 15.9 Å². The molecule has 0 aliphatic carbocycles. The first kappa shape index (κ1) is 18.8. The van der Waals surface area contributed by atoms with E-state index in [2.05, 4.69) is 81.7 Å². The largest absolute Gasteiger partial charge is 0.494 e. The molecule has 0 aromatic heterocycles. The third kappa shape index (κ3) is 3.73. The number of benzene rings is 2. The summed E-state index contributed by atoms with van der Waals surface area (Å²) >= 11 is 0. The third-order valence-corrected chi connectivity index (χ3v) is 5.70. The van der Waals surface area contributed by atoms with Crippen LogP contribution in [0.15, 0.2) is 78.6 Å². The van der Waals surface area contributed by atoms with Crippen molar-refractivity contribution in [2.75, 3.05) is 5.01 Å². The lowest BCUT2D eigenvalue weighted by atomic mass is 9.78. The summed E-state index contributed by atoms with van der Waals surface area (Å²) < 4.78 is 12.4. The second-order valence-corrected chi connectivity index (χ2v) is 8.36. The average Bonchev–Trinajstić information content (AvgIpc) is 2.90. The molecule has 0 amide bonds. The zero-order chi connectivity index (χ0) is 19.8. The van der Waals surface area contributed by atoms with Crippen LogP contribution in [0.5, 0.6) is 0 Å². The molecule has 5 heteroatoms. The van der Waals surface area contributed by atoms with Gasteiger partial charge in [0.1, 0.15) is 0 Å². The Bertz CT molecular complexity index is 890. The molecule has 0 unspecified atom stereocenters. The normalized spacial score (nSPS) is 20.1. The van der Waals surface area contributed by atoms with E-state index in [9.17, 15) is 0 Å². The van der Waals surface area contributed by atoms with E-state index < -0.39 is 0 Å². The second-order valence-electron chi connectivity index (χ2n) is 8.36. The molecule has 0 spiro atoms. The van der Waals surface area contributed by atoms with Crippen molar-refractivity contribution >= 4 is 18.3 Å². The Morgan fingerprint density at radius 3 is 2.36 bits per heavy atom. The molecule has 0 atom stereocenters. The summed E-state index contributed by atoms with van der Waals surface area (Å²) in [6, 6.07) is 18.7. The van der Waals surface area contributed by atoms with E-state index in [1.807, 2.05) is 29.4 Å². The molecule has 2 aromatic rings. The average molecular weight is 374 g/mol. The van der Waals surface area contributed by atoms with Gasteiger partial charge in [-0.25, -0.2) is 0 Å². The van der Waals surface area contributed by atoms with E-state index in [0.717, 1.165) is 23.3 Å². The number of nitrogens with zero attached hydrogens (tertiary/aromatic N) is 1. The monoisotopic (exact) mass is 374 g/mol. The number of hydrazine groups is 1. The summed E-state index contributed by atoms with van der Waals surface area (Å²) in [5.41, 5.74) is 7.33. The molecule has 0 saturated carbocycles. The highest BCUT2D eigenvalue weighted by molar-refractivity contribution is 6.62. The van der Waals surface area contributed by atoms with Gasteiger partial charge in [-0.1, -0.05) is 42.5 Å². The molecular formula is C23H27BN2O2. The van der Waals surface area contributed by atoms with E-state index in [1.165, 1.54) is 5.56 Å². The lowest BCUT2D eigenvalue weighted by Crippen LogP contribution is -2.41. The van der Waals surface area contributed by atoms with E-state index in [0.29, 0.717) is 0 Å². The Morgan fingerprint density at radius 2 is 1.64 bits per heavy atom. The summed E-state index contributed by atoms with van der Waals surface area (Å²) in [5.74, 6) is 0. The van der Waals surface area contributed by atoms with Gasteiger partial charge in [0.25, 0.3) is 0 Å². The number of nitrogens with one attached hydrogen (secondary N) is 1. The fraction of sp³-hybridized carbons (Fsp3) is 0.304. The van der Waals surface area contributed by atoms with Crippen molar-refractivity contribution in [2.45, 2.75) is 45.3 Å². The smallest absolute Gasteiger partial charge is 0.399 e. The van der Waals surface area contributed by atoms with Crippen LogP contribution in [-0.2, 0) is 15.7 Å². The number of anilines is 1. The van der Waals surface area contributed by atoms with Gasteiger partial charge in [0.05, 0.1) is 16.9 Å². The summed E-state index contributed by atoms with van der Waals surface area (Å²) in [5, 5.41) is 2.04. The molecule has 144 valence electrons. The highest BCUT2D eigenvalue weighted by Gasteiger charge is 2.51. The Morgan fingerprint density at radius 1 is 0.929 bits per heavy atom. The Labute approximate surface area is 168 Å². The lowest BCUT2D eigenvalue weighted by Gasteiger charge is -2.32. The van der Waals surface area contributed by atoms with Gasteiger partial charge in [-0.2, -0.15) is 0 Å². The standard InChI is InChI=1S/C23H27BN2O2/c1-22(2)23(3,4)28-24(27-22)19-11-8-10-18(16-19)17-20-12-9-15-26(25-20)21-13-6-5-7-14-21/h5-16,25H,17H2,1-4H3. The van der Waals surface area contributed by atoms with Gasteiger partial charge in [0.15, 0.2) is 0 Å². The summed E-state index contributed by atoms with van der Waals surface area (Å²) in [6.07, 6.45) is 7.01. The molecule has 0 radical (unpaired) electrons.